The number of ketones is 1. The number of nitrogens with zero attached hydrogens (tertiary/aromatic N) is 4. The Hall–Kier alpha value is -3.29. The zero-order valence-electron chi connectivity index (χ0n) is 12.2. The lowest BCUT2D eigenvalue weighted by Gasteiger charge is -2.06. The van der Waals surface area contributed by atoms with Crippen LogP contribution in [-0.2, 0) is 6.42 Å². The molecule has 3 rings (SSSR count). The van der Waals surface area contributed by atoms with Crippen molar-refractivity contribution in [2.45, 2.75) is 6.42 Å². The van der Waals surface area contributed by atoms with Crippen LogP contribution in [0.5, 0.6) is 11.5 Å². The van der Waals surface area contributed by atoms with E-state index in [2.05, 4.69) is 19.9 Å². The Labute approximate surface area is 135 Å². The quantitative estimate of drug-likeness (QED) is 0.670. The first-order valence-corrected chi connectivity index (χ1v) is 6.84. The van der Waals surface area contributed by atoms with Gasteiger partial charge in [0.2, 0.25) is 0 Å². The van der Waals surface area contributed by atoms with E-state index in [4.69, 9.17) is 4.74 Å². The van der Waals surface area contributed by atoms with Gasteiger partial charge in [0.25, 0.3) is 0 Å². The van der Waals surface area contributed by atoms with E-state index in [-0.39, 0.29) is 17.8 Å². The van der Waals surface area contributed by atoms with E-state index in [1.807, 2.05) is 0 Å². The molecule has 0 N–H and O–H groups in total. The first-order chi connectivity index (χ1) is 11.6. The monoisotopic (exact) mass is 328 g/mol. The summed E-state index contributed by atoms with van der Waals surface area (Å²) in [6, 6.07) is 3.65. The predicted molar refractivity (Wildman–Crippen MR) is 78.5 cm³/mol. The number of Topliss-reactive ketones (excluding diaryl/α,β-unsaturated/α-hetero) is 1. The summed E-state index contributed by atoms with van der Waals surface area (Å²) in [6.45, 7) is 0. The van der Waals surface area contributed by atoms with Gasteiger partial charge in [0, 0.05) is 18.3 Å². The number of ether oxygens (including phenoxy) is 1. The average Bonchev–Trinajstić information content (AvgIpc) is 2.58. The number of carbonyl (C=O) groups is 1. The van der Waals surface area contributed by atoms with Crippen LogP contribution in [0.2, 0.25) is 0 Å². The van der Waals surface area contributed by atoms with Gasteiger partial charge >= 0.3 is 0 Å². The molecule has 0 aliphatic heterocycles. The number of pyridine rings is 2. The van der Waals surface area contributed by atoms with Crippen LogP contribution in [0.3, 0.4) is 0 Å². The minimum atomic E-state index is -0.878. The van der Waals surface area contributed by atoms with E-state index < -0.39 is 17.4 Å². The highest BCUT2D eigenvalue weighted by Gasteiger charge is 2.14. The molecule has 0 fully saturated rings. The van der Waals surface area contributed by atoms with Gasteiger partial charge in [-0.25, -0.2) is 18.7 Å². The lowest BCUT2D eigenvalue weighted by Crippen LogP contribution is -2.09. The summed E-state index contributed by atoms with van der Waals surface area (Å²) in [5, 5.41) is 0. The smallest absolute Gasteiger partial charge is 0.187 e. The molecule has 8 heteroatoms. The maximum absolute atomic E-state index is 13.6. The Balaban J connectivity index is 1.77. The van der Waals surface area contributed by atoms with Gasteiger partial charge in [0.05, 0.1) is 30.7 Å². The lowest BCUT2D eigenvalue weighted by molar-refractivity contribution is 0.0985. The third kappa shape index (κ3) is 3.72. The molecule has 0 aliphatic rings. The highest BCUT2D eigenvalue weighted by molar-refractivity contribution is 5.95. The van der Waals surface area contributed by atoms with Gasteiger partial charge in [-0.15, -0.1) is 0 Å². The minimum absolute atomic E-state index is 0.0786. The Morgan fingerprint density at radius 1 is 1.04 bits per heavy atom. The number of hydrogen-bond acceptors (Lipinski definition) is 6. The second kappa shape index (κ2) is 6.86. The van der Waals surface area contributed by atoms with Crippen molar-refractivity contribution in [3.63, 3.8) is 0 Å². The molecular weight excluding hydrogens is 318 g/mol. The van der Waals surface area contributed by atoms with Gasteiger partial charge in [-0.2, -0.15) is 0 Å². The van der Waals surface area contributed by atoms with Gasteiger partial charge in [0.15, 0.2) is 11.5 Å². The van der Waals surface area contributed by atoms with Crippen molar-refractivity contribution in [3.8, 4) is 11.5 Å². The van der Waals surface area contributed by atoms with Crippen LogP contribution in [0.25, 0.3) is 0 Å². The number of hydrogen-bond donors (Lipinski definition) is 0. The zero-order valence-corrected chi connectivity index (χ0v) is 12.2. The molecule has 24 heavy (non-hydrogen) atoms. The molecule has 3 aromatic rings. The zero-order chi connectivity index (χ0) is 16.9. The molecule has 0 aliphatic carbocycles. The van der Waals surface area contributed by atoms with Crippen molar-refractivity contribution >= 4 is 5.78 Å². The second-order valence-corrected chi connectivity index (χ2v) is 4.74. The highest BCUT2D eigenvalue weighted by atomic mass is 19.1. The Kier molecular flexibility index (Phi) is 4.46. The molecule has 0 saturated heterocycles. The van der Waals surface area contributed by atoms with Crippen molar-refractivity contribution in [1.82, 2.24) is 19.9 Å². The molecule has 0 bridgehead atoms. The molecule has 120 valence electrons. The summed E-state index contributed by atoms with van der Waals surface area (Å²) in [7, 11) is 0. The molecule has 0 aromatic carbocycles. The first-order valence-electron chi connectivity index (χ1n) is 6.84. The molecule has 6 nitrogen and oxygen atoms in total. The summed E-state index contributed by atoms with van der Waals surface area (Å²) < 4.78 is 31.9. The summed E-state index contributed by atoms with van der Waals surface area (Å²) in [4.78, 5) is 27.4. The normalized spacial score (nSPS) is 10.4. The van der Waals surface area contributed by atoms with E-state index in [1.54, 1.807) is 6.07 Å². The van der Waals surface area contributed by atoms with Crippen molar-refractivity contribution in [2.75, 3.05) is 0 Å². The lowest BCUT2D eigenvalue weighted by atomic mass is 10.1. The van der Waals surface area contributed by atoms with Crippen LogP contribution in [0.15, 0.2) is 49.3 Å². The molecule has 3 aromatic heterocycles. The van der Waals surface area contributed by atoms with Gasteiger partial charge in [-0.3, -0.25) is 14.8 Å². The van der Waals surface area contributed by atoms with Crippen molar-refractivity contribution in [1.29, 1.82) is 0 Å². The number of carbonyl (C=O) groups excluding carboxylic acids is 1. The SMILES string of the molecule is O=C(Cc1ncc(F)cc1F)c1cc(Oc2cncnc2)ccn1. The largest absolute Gasteiger partial charge is 0.454 e. The maximum atomic E-state index is 13.6. The molecule has 0 atom stereocenters. The van der Waals surface area contributed by atoms with Crippen LogP contribution in [0.1, 0.15) is 16.2 Å². The molecule has 0 spiro atoms. The molecular formula is C16H10F2N4O2. The fourth-order valence-corrected chi connectivity index (χ4v) is 1.92. The third-order valence-corrected chi connectivity index (χ3v) is 3.00. The van der Waals surface area contributed by atoms with Crippen LogP contribution in [-0.4, -0.2) is 25.7 Å². The predicted octanol–water partition coefficient (Wildman–Crippen LogP) is 2.76. The first kappa shape index (κ1) is 15.6. The van der Waals surface area contributed by atoms with Crippen LogP contribution in [0, 0.1) is 11.6 Å². The summed E-state index contributed by atoms with van der Waals surface area (Å²) in [5.74, 6) is -1.40. The van der Waals surface area contributed by atoms with E-state index >= 15 is 0 Å². The van der Waals surface area contributed by atoms with E-state index in [0.717, 1.165) is 6.20 Å². The Morgan fingerprint density at radius 3 is 2.58 bits per heavy atom. The second-order valence-electron chi connectivity index (χ2n) is 4.74. The van der Waals surface area contributed by atoms with Crippen LogP contribution >= 0.6 is 0 Å². The molecule has 3 heterocycles. The van der Waals surface area contributed by atoms with Crippen molar-refractivity contribution in [3.05, 3.63) is 72.3 Å². The van der Waals surface area contributed by atoms with E-state index in [0.29, 0.717) is 17.6 Å². The summed E-state index contributed by atoms with van der Waals surface area (Å²) in [5.41, 5.74) is -0.0687. The molecule has 0 unspecified atom stereocenters. The van der Waals surface area contributed by atoms with Gasteiger partial charge < -0.3 is 4.74 Å². The molecule has 0 radical (unpaired) electrons. The third-order valence-electron chi connectivity index (χ3n) is 3.00. The average molecular weight is 328 g/mol. The van der Waals surface area contributed by atoms with Crippen molar-refractivity contribution < 1.29 is 18.3 Å². The van der Waals surface area contributed by atoms with Crippen LogP contribution < -0.4 is 4.74 Å². The van der Waals surface area contributed by atoms with Crippen LogP contribution in [0.4, 0.5) is 8.78 Å². The highest BCUT2D eigenvalue weighted by Crippen LogP contribution is 2.20. The topological polar surface area (TPSA) is 77.9 Å². The summed E-state index contributed by atoms with van der Waals surface area (Å²) in [6.07, 6.45) is 6.20. The number of rotatable bonds is 5. The Bertz CT molecular complexity index is 875. The van der Waals surface area contributed by atoms with Crippen molar-refractivity contribution in [2.24, 2.45) is 0 Å². The van der Waals surface area contributed by atoms with Gasteiger partial charge in [-0.05, 0) is 6.07 Å². The minimum Gasteiger partial charge on any atom is -0.454 e. The van der Waals surface area contributed by atoms with E-state index in [9.17, 15) is 13.6 Å². The molecule has 0 saturated carbocycles. The fraction of sp³-hybridized carbons (Fsp3) is 0.0625. The maximum Gasteiger partial charge on any atom is 0.187 e. The summed E-state index contributed by atoms with van der Waals surface area (Å²) >= 11 is 0. The molecule has 0 amide bonds. The Morgan fingerprint density at radius 2 is 1.83 bits per heavy atom. The number of aromatic nitrogens is 4. The number of halogens is 2. The van der Waals surface area contributed by atoms with Gasteiger partial charge in [-0.1, -0.05) is 0 Å². The standard InChI is InChI=1S/C16H10F2N4O2/c17-10-3-13(18)14(22-6-10)5-16(23)15-4-11(1-2-21-15)24-12-7-19-9-20-8-12/h1-4,6-9H,5H2. The van der Waals surface area contributed by atoms with E-state index in [1.165, 1.54) is 31.0 Å². The fourth-order valence-electron chi connectivity index (χ4n) is 1.92. The van der Waals surface area contributed by atoms with Gasteiger partial charge in [0.1, 0.15) is 29.4 Å².